The lowest BCUT2D eigenvalue weighted by Crippen LogP contribution is -2.14. The zero-order valence-electron chi connectivity index (χ0n) is 11.2. The van der Waals surface area contributed by atoms with E-state index in [9.17, 15) is 5.11 Å². The Labute approximate surface area is 109 Å². The van der Waals surface area contributed by atoms with E-state index in [2.05, 4.69) is 17.6 Å². The molecule has 1 aliphatic carbocycles. The second-order valence-corrected chi connectivity index (χ2v) is 5.77. The van der Waals surface area contributed by atoms with Gasteiger partial charge >= 0.3 is 0 Å². The Morgan fingerprint density at radius 1 is 1.44 bits per heavy atom. The Bertz CT molecular complexity index is 418. The molecule has 2 atom stereocenters. The molecule has 1 N–H and O–H groups in total. The average Bonchev–Trinajstić information content (AvgIpc) is 2.95. The van der Waals surface area contributed by atoms with Crippen LogP contribution in [0.1, 0.15) is 48.7 Å². The number of aromatic nitrogens is 1. The van der Waals surface area contributed by atoms with E-state index in [1.54, 1.807) is 0 Å². The van der Waals surface area contributed by atoms with E-state index in [1.807, 2.05) is 0 Å². The number of rotatable bonds is 3. The summed E-state index contributed by atoms with van der Waals surface area (Å²) >= 11 is 0. The molecule has 0 saturated carbocycles. The minimum absolute atomic E-state index is 0.233. The molecule has 3 rings (SSSR count). The summed E-state index contributed by atoms with van der Waals surface area (Å²) < 4.78 is 7.86. The first-order valence-corrected chi connectivity index (χ1v) is 7.20. The van der Waals surface area contributed by atoms with Gasteiger partial charge in [0.1, 0.15) is 0 Å². The van der Waals surface area contributed by atoms with E-state index in [-0.39, 0.29) is 6.10 Å². The third-order valence-electron chi connectivity index (χ3n) is 4.48. The first-order valence-electron chi connectivity index (χ1n) is 7.20. The fourth-order valence-electron chi connectivity index (χ4n) is 3.38. The lowest BCUT2D eigenvalue weighted by molar-refractivity contribution is 0.155. The number of ether oxygens (including phenoxy) is 1. The molecule has 1 fully saturated rings. The van der Waals surface area contributed by atoms with E-state index in [4.69, 9.17) is 4.74 Å². The Balaban J connectivity index is 1.74. The fourth-order valence-corrected chi connectivity index (χ4v) is 3.38. The number of hydrogen-bond donors (Lipinski definition) is 1. The predicted octanol–water partition coefficient (Wildman–Crippen LogP) is 2.59. The molecular formula is C15H23NO2. The van der Waals surface area contributed by atoms with Gasteiger partial charge in [0, 0.05) is 36.7 Å². The summed E-state index contributed by atoms with van der Waals surface area (Å²) in [6.45, 7) is 5.12. The average molecular weight is 249 g/mol. The Kier molecular flexibility index (Phi) is 3.44. The third-order valence-corrected chi connectivity index (χ3v) is 4.48. The fraction of sp³-hybridized carbons (Fsp3) is 0.733. The molecule has 0 spiro atoms. The largest absolute Gasteiger partial charge is 0.388 e. The molecule has 1 aromatic heterocycles. The number of aryl methyl sites for hydroxylation is 1. The minimum Gasteiger partial charge on any atom is -0.388 e. The van der Waals surface area contributed by atoms with Crippen molar-refractivity contribution in [3.63, 3.8) is 0 Å². The summed E-state index contributed by atoms with van der Waals surface area (Å²) in [6.07, 6.45) is 5.35. The highest BCUT2D eigenvalue weighted by atomic mass is 16.5. The maximum absolute atomic E-state index is 10.0. The van der Waals surface area contributed by atoms with Gasteiger partial charge in [-0.3, -0.25) is 0 Å². The highest BCUT2D eigenvalue weighted by Crippen LogP contribution is 2.32. The summed E-state index contributed by atoms with van der Waals surface area (Å²) in [5, 5.41) is 10.0. The van der Waals surface area contributed by atoms with Crippen molar-refractivity contribution in [1.82, 2.24) is 4.57 Å². The van der Waals surface area contributed by atoms with Crippen LogP contribution in [0.25, 0.3) is 0 Å². The lowest BCUT2D eigenvalue weighted by atomic mass is 9.95. The van der Waals surface area contributed by atoms with Crippen LogP contribution in [0.5, 0.6) is 0 Å². The first-order chi connectivity index (χ1) is 8.75. The molecule has 2 unspecified atom stereocenters. The zero-order chi connectivity index (χ0) is 12.5. The maximum Gasteiger partial charge on any atom is 0.0807 e. The van der Waals surface area contributed by atoms with Gasteiger partial charge in [0.25, 0.3) is 0 Å². The molecule has 3 nitrogen and oxygen atoms in total. The molecule has 1 aromatic rings. The number of fused-ring (bicyclic) bond motifs is 1. The van der Waals surface area contributed by atoms with Crippen LogP contribution in [0.4, 0.5) is 0 Å². The molecule has 1 aliphatic heterocycles. The van der Waals surface area contributed by atoms with Crippen molar-refractivity contribution in [2.24, 2.45) is 5.92 Å². The number of hydrogen-bond acceptors (Lipinski definition) is 2. The van der Waals surface area contributed by atoms with Gasteiger partial charge in [0.2, 0.25) is 0 Å². The number of aliphatic hydroxyl groups is 1. The summed E-state index contributed by atoms with van der Waals surface area (Å²) in [5.41, 5.74) is 3.87. The second kappa shape index (κ2) is 5.06. The van der Waals surface area contributed by atoms with Crippen molar-refractivity contribution in [3.05, 3.63) is 23.0 Å². The van der Waals surface area contributed by atoms with E-state index in [0.717, 1.165) is 44.9 Å². The standard InChI is InChI=1S/C15H23NO2/c1-11-9-13-14(3-2-4-15(13)17)16(11)7-5-12-6-8-18-10-12/h9,12,15,17H,2-8,10H2,1H3. The number of aliphatic hydroxyl groups excluding tert-OH is 1. The van der Waals surface area contributed by atoms with Crippen LogP contribution in [0.2, 0.25) is 0 Å². The van der Waals surface area contributed by atoms with E-state index in [0.29, 0.717) is 0 Å². The van der Waals surface area contributed by atoms with Crippen LogP contribution < -0.4 is 0 Å². The molecule has 2 aliphatic rings. The molecule has 18 heavy (non-hydrogen) atoms. The zero-order valence-corrected chi connectivity index (χ0v) is 11.2. The molecule has 100 valence electrons. The smallest absolute Gasteiger partial charge is 0.0807 e. The summed E-state index contributed by atoms with van der Waals surface area (Å²) in [7, 11) is 0. The van der Waals surface area contributed by atoms with Crippen LogP contribution in [0.15, 0.2) is 6.07 Å². The summed E-state index contributed by atoms with van der Waals surface area (Å²) in [5.74, 6) is 0.732. The van der Waals surface area contributed by atoms with Crippen LogP contribution in [0, 0.1) is 12.8 Å². The molecular weight excluding hydrogens is 226 g/mol. The van der Waals surface area contributed by atoms with Crippen molar-refractivity contribution < 1.29 is 9.84 Å². The van der Waals surface area contributed by atoms with Crippen LogP contribution in [0.3, 0.4) is 0 Å². The highest BCUT2D eigenvalue weighted by molar-refractivity contribution is 5.31. The molecule has 0 radical (unpaired) electrons. The Hall–Kier alpha value is -0.800. The second-order valence-electron chi connectivity index (χ2n) is 5.77. The summed E-state index contributed by atoms with van der Waals surface area (Å²) in [4.78, 5) is 0. The van der Waals surface area contributed by atoms with Crippen molar-refractivity contribution >= 4 is 0 Å². The van der Waals surface area contributed by atoms with Gasteiger partial charge in [-0.25, -0.2) is 0 Å². The monoisotopic (exact) mass is 249 g/mol. The van der Waals surface area contributed by atoms with Gasteiger partial charge in [0.15, 0.2) is 0 Å². The predicted molar refractivity (Wildman–Crippen MR) is 70.6 cm³/mol. The van der Waals surface area contributed by atoms with Gasteiger partial charge in [-0.15, -0.1) is 0 Å². The van der Waals surface area contributed by atoms with Crippen molar-refractivity contribution in [1.29, 1.82) is 0 Å². The van der Waals surface area contributed by atoms with E-state index < -0.39 is 0 Å². The van der Waals surface area contributed by atoms with Gasteiger partial charge in [-0.1, -0.05) is 0 Å². The van der Waals surface area contributed by atoms with Crippen LogP contribution in [-0.4, -0.2) is 22.9 Å². The summed E-state index contributed by atoms with van der Waals surface area (Å²) in [6, 6.07) is 2.18. The molecule has 1 saturated heterocycles. The normalized spacial score (nSPS) is 27.4. The molecule has 3 heteroatoms. The van der Waals surface area contributed by atoms with Gasteiger partial charge in [-0.05, 0) is 51.0 Å². The molecule has 0 aromatic carbocycles. The van der Waals surface area contributed by atoms with E-state index >= 15 is 0 Å². The van der Waals surface area contributed by atoms with Crippen molar-refractivity contribution in [3.8, 4) is 0 Å². The van der Waals surface area contributed by atoms with Gasteiger partial charge < -0.3 is 14.4 Å². The molecule has 2 heterocycles. The van der Waals surface area contributed by atoms with Crippen LogP contribution >= 0.6 is 0 Å². The van der Waals surface area contributed by atoms with Gasteiger partial charge in [-0.2, -0.15) is 0 Å². The highest BCUT2D eigenvalue weighted by Gasteiger charge is 2.23. The first kappa shape index (κ1) is 12.2. The Morgan fingerprint density at radius 3 is 3.11 bits per heavy atom. The van der Waals surface area contributed by atoms with Crippen LogP contribution in [-0.2, 0) is 17.7 Å². The minimum atomic E-state index is -0.233. The van der Waals surface area contributed by atoms with Crippen molar-refractivity contribution in [2.75, 3.05) is 13.2 Å². The quantitative estimate of drug-likeness (QED) is 0.893. The Morgan fingerprint density at radius 2 is 2.33 bits per heavy atom. The SMILES string of the molecule is Cc1cc2c(n1CCC1CCOC1)CCCC2O. The van der Waals surface area contributed by atoms with Crippen molar-refractivity contribution in [2.45, 2.75) is 51.7 Å². The number of nitrogens with zero attached hydrogens (tertiary/aromatic N) is 1. The topological polar surface area (TPSA) is 34.4 Å². The third kappa shape index (κ3) is 2.21. The lowest BCUT2D eigenvalue weighted by Gasteiger charge is -2.21. The molecule has 0 amide bonds. The van der Waals surface area contributed by atoms with E-state index in [1.165, 1.54) is 29.8 Å². The maximum atomic E-state index is 10.0. The van der Waals surface area contributed by atoms with Gasteiger partial charge in [0.05, 0.1) is 6.10 Å². The molecule has 0 bridgehead atoms.